The van der Waals surface area contributed by atoms with Crippen LogP contribution in [0, 0.1) is 20.2 Å². The SMILES string of the molecule is O=C1c2cc([N+](=O)[O-])cc3c2c(cc2cnccc23)C(=O)N1CCCCNCCCN1C(=O)c2cc([N+](=O)[O-])cc3c2c(cc2cnccc23)C1=O. The van der Waals surface area contributed by atoms with Crippen molar-refractivity contribution >= 4 is 78.1 Å². The largest absolute Gasteiger partial charge is 0.317 e. The number of hydrogen-bond donors (Lipinski definition) is 1. The van der Waals surface area contributed by atoms with Crippen LogP contribution >= 0.6 is 0 Å². The second-order valence-electron chi connectivity index (χ2n) is 12.7. The van der Waals surface area contributed by atoms with Crippen LogP contribution < -0.4 is 5.32 Å². The molecule has 2 aliphatic heterocycles. The smallest absolute Gasteiger partial charge is 0.270 e. The van der Waals surface area contributed by atoms with Crippen molar-refractivity contribution < 1.29 is 29.0 Å². The molecule has 0 fully saturated rings. The highest BCUT2D eigenvalue weighted by Crippen LogP contribution is 2.39. The molecule has 6 aromatic rings. The van der Waals surface area contributed by atoms with E-state index in [1.54, 1.807) is 49.1 Å². The fraction of sp³-hybridized carbons (Fsp3) is 0.189. The number of amides is 4. The van der Waals surface area contributed by atoms with Crippen LogP contribution in [0.4, 0.5) is 11.4 Å². The number of carbonyl (C=O) groups is 4. The van der Waals surface area contributed by atoms with Gasteiger partial charge < -0.3 is 5.32 Å². The number of aromatic nitrogens is 2. The number of fused-ring (bicyclic) bond motifs is 4. The van der Waals surface area contributed by atoms with Crippen LogP contribution in [-0.4, -0.2) is 79.4 Å². The van der Waals surface area contributed by atoms with Crippen molar-refractivity contribution in [3.63, 3.8) is 0 Å². The van der Waals surface area contributed by atoms with E-state index in [2.05, 4.69) is 15.3 Å². The standard InChI is InChI=1S/C37H27N7O8/c45-34-28-12-20-18-39-8-4-24(20)26-14-22(43(49)50)16-30(32(26)28)36(47)41(34)10-2-1-6-38-7-3-11-42-35(46)29-13-21-19-40-9-5-25(21)27-15-23(44(51)52)17-31(33(27)29)37(42)48/h4-5,8-9,12-19,38H,1-3,6-7,10-11H2. The fourth-order valence-corrected chi connectivity index (χ4v) is 7.31. The van der Waals surface area contributed by atoms with E-state index in [4.69, 9.17) is 0 Å². The van der Waals surface area contributed by atoms with Gasteiger partial charge in [-0.2, -0.15) is 0 Å². The summed E-state index contributed by atoms with van der Waals surface area (Å²) in [4.78, 5) is 87.1. The average molecular weight is 698 g/mol. The molecule has 0 spiro atoms. The highest BCUT2D eigenvalue weighted by molar-refractivity contribution is 6.31. The predicted molar refractivity (Wildman–Crippen MR) is 189 cm³/mol. The maximum Gasteiger partial charge on any atom is 0.270 e. The first-order valence-corrected chi connectivity index (χ1v) is 16.5. The van der Waals surface area contributed by atoms with E-state index < -0.39 is 33.5 Å². The Balaban J connectivity index is 0.904. The third kappa shape index (κ3) is 5.17. The number of imide groups is 2. The van der Waals surface area contributed by atoms with Gasteiger partial charge in [-0.15, -0.1) is 0 Å². The zero-order valence-electron chi connectivity index (χ0n) is 27.3. The lowest BCUT2D eigenvalue weighted by Crippen LogP contribution is -2.42. The van der Waals surface area contributed by atoms with E-state index >= 15 is 0 Å². The van der Waals surface area contributed by atoms with Crippen molar-refractivity contribution in [3.05, 3.63) is 116 Å². The normalized spacial score (nSPS) is 14.0. The quantitative estimate of drug-likeness (QED) is 0.0585. The molecule has 4 heterocycles. The van der Waals surface area contributed by atoms with Crippen molar-refractivity contribution in [2.45, 2.75) is 19.3 Å². The summed E-state index contributed by atoms with van der Waals surface area (Å²) in [6.07, 6.45) is 7.70. The number of rotatable bonds is 11. The van der Waals surface area contributed by atoms with Crippen LogP contribution in [0.5, 0.6) is 0 Å². The number of nitro benzene ring substituents is 2. The van der Waals surface area contributed by atoms with Crippen LogP contribution in [0.1, 0.15) is 60.7 Å². The Bertz CT molecular complexity index is 2430. The number of non-ortho nitro benzene ring substituents is 2. The minimum absolute atomic E-state index is 0.0808. The number of unbranched alkanes of at least 4 members (excludes halogenated alkanes) is 1. The molecule has 2 aromatic heterocycles. The number of nitro groups is 2. The van der Waals surface area contributed by atoms with Crippen molar-refractivity contribution in [2.75, 3.05) is 26.2 Å². The van der Waals surface area contributed by atoms with Gasteiger partial charge in [-0.1, -0.05) is 0 Å². The van der Waals surface area contributed by atoms with E-state index in [0.717, 1.165) is 9.80 Å². The van der Waals surface area contributed by atoms with Crippen LogP contribution in [0.2, 0.25) is 0 Å². The Morgan fingerprint density at radius 2 is 0.981 bits per heavy atom. The molecule has 0 radical (unpaired) electrons. The molecule has 0 unspecified atom stereocenters. The second kappa shape index (κ2) is 12.5. The van der Waals surface area contributed by atoms with Gasteiger partial charge in [-0.25, -0.2) is 0 Å². The van der Waals surface area contributed by atoms with Gasteiger partial charge in [0, 0.05) is 94.8 Å². The molecule has 0 saturated carbocycles. The van der Waals surface area contributed by atoms with Crippen molar-refractivity contribution in [2.24, 2.45) is 0 Å². The van der Waals surface area contributed by atoms with E-state index in [9.17, 15) is 39.4 Å². The summed E-state index contributed by atoms with van der Waals surface area (Å²) in [6.45, 7) is 1.14. The van der Waals surface area contributed by atoms with Crippen molar-refractivity contribution in [1.29, 1.82) is 0 Å². The van der Waals surface area contributed by atoms with Gasteiger partial charge in [0.05, 0.1) is 21.0 Å². The molecule has 0 bridgehead atoms. The van der Waals surface area contributed by atoms with E-state index in [1.807, 2.05) is 0 Å². The second-order valence-corrected chi connectivity index (χ2v) is 12.7. The first kappa shape index (κ1) is 32.5. The van der Waals surface area contributed by atoms with Crippen LogP contribution in [0.25, 0.3) is 43.1 Å². The highest BCUT2D eigenvalue weighted by Gasteiger charge is 2.36. The molecule has 258 valence electrons. The lowest BCUT2D eigenvalue weighted by molar-refractivity contribution is -0.384. The maximum absolute atomic E-state index is 13.6. The molecule has 4 amide bonds. The summed E-state index contributed by atoms with van der Waals surface area (Å²) in [5.74, 6) is -2.14. The fourth-order valence-electron chi connectivity index (χ4n) is 7.31. The molecule has 1 N–H and O–H groups in total. The lowest BCUT2D eigenvalue weighted by Gasteiger charge is -2.28. The highest BCUT2D eigenvalue weighted by atomic mass is 16.6. The number of benzene rings is 4. The van der Waals surface area contributed by atoms with E-state index in [0.29, 0.717) is 81.0 Å². The zero-order chi connectivity index (χ0) is 36.3. The molecule has 15 nitrogen and oxygen atoms in total. The third-order valence-electron chi connectivity index (χ3n) is 9.71. The Morgan fingerprint density at radius 3 is 1.44 bits per heavy atom. The first-order valence-electron chi connectivity index (χ1n) is 16.5. The Morgan fingerprint density at radius 1 is 0.558 bits per heavy atom. The Labute approximate surface area is 293 Å². The molecule has 2 aliphatic rings. The number of carbonyl (C=O) groups excluding carboxylic acids is 4. The molecular formula is C37H27N7O8. The van der Waals surface area contributed by atoms with E-state index in [1.165, 1.54) is 24.3 Å². The molecule has 8 rings (SSSR count). The molecule has 0 aliphatic carbocycles. The maximum atomic E-state index is 13.6. The van der Waals surface area contributed by atoms with Gasteiger partial charge in [0.25, 0.3) is 35.0 Å². The first-order chi connectivity index (χ1) is 25.1. The summed E-state index contributed by atoms with van der Waals surface area (Å²) in [7, 11) is 0. The topological polar surface area (TPSA) is 199 Å². The van der Waals surface area contributed by atoms with Gasteiger partial charge in [0.1, 0.15) is 0 Å². The molecule has 0 atom stereocenters. The van der Waals surface area contributed by atoms with Gasteiger partial charge in [-0.05, 0) is 78.2 Å². The van der Waals surface area contributed by atoms with Crippen LogP contribution in [-0.2, 0) is 0 Å². The Hall–Kier alpha value is -6.74. The molecule has 15 heteroatoms. The lowest BCUT2D eigenvalue weighted by atomic mass is 9.90. The van der Waals surface area contributed by atoms with Gasteiger partial charge in [0.15, 0.2) is 0 Å². The minimum Gasteiger partial charge on any atom is -0.317 e. The Kier molecular flexibility index (Phi) is 7.83. The predicted octanol–water partition coefficient (Wildman–Crippen LogP) is 5.56. The monoisotopic (exact) mass is 697 g/mol. The van der Waals surface area contributed by atoms with Crippen LogP contribution in [0.3, 0.4) is 0 Å². The summed E-state index contributed by atoms with van der Waals surface area (Å²) >= 11 is 0. The molecule has 4 aromatic carbocycles. The number of nitrogens with one attached hydrogen (secondary N) is 1. The van der Waals surface area contributed by atoms with Gasteiger partial charge >= 0.3 is 0 Å². The summed E-state index contributed by atoms with van der Waals surface area (Å²) < 4.78 is 0. The molecule has 0 saturated heterocycles. The van der Waals surface area contributed by atoms with Gasteiger partial charge in [-0.3, -0.25) is 59.2 Å². The van der Waals surface area contributed by atoms with Crippen LogP contribution in [0.15, 0.2) is 73.3 Å². The summed E-state index contributed by atoms with van der Waals surface area (Å²) in [6, 6.07) is 11.9. The zero-order valence-corrected chi connectivity index (χ0v) is 27.3. The summed E-state index contributed by atoms with van der Waals surface area (Å²) in [5, 5.41) is 31.0. The average Bonchev–Trinajstić information content (AvgIpc) is 3.15. The summed E-state index contributed by atoms with van der Waals surface area (Å²) in [5.41, 5.74) is 0.294. The van der Waals surface area contributed by atoms with E-state index in [-0.39, 0.29) is 41.2 Å². The number of hydrogen-bond acceptors (Lipinski definition) is 11. The minimum atomic E-state index is -0.595. The molecular weight excluding hydrogens is 670 g/mol. The number of nitrogens with zero attached hydrogens (tertiary/aromatic N) is 6. The van der Waals surface area contributed by atoms with Gasteiger partial charge in [0.2, 0.25) is 0 Å². The third-order valence-corrected chi connectivity index (χ3v) is 9.71. The van der Waals surface area contributed by atoms with Crippen molar-refractivity contribution in [3.8, 4) is 0 Å². The number of pyridine rings is 2. The van der Waals surface area contributed by atoms with Crippen molar-refractivity contribution in [1.82, 2.24) is 25.1 Å². The molecule has 52 heavy (non-hydrogen) atoms.